The molecule has 1 aromatic heterocycles. The van der Waals surface area contributed by atoms with Gasteiger partial charge in [-0.25, -0.2) is 0 Å². The first-order chi connectivity index (χ1) is 6.33. The van der Waals surface area contributed by atoms with Crippen LogP contribution in [0, 0.1) is 0 Å². The van der Waals surface area contributed by atoms with Crippen molar-refractivity contribution >= 4 is 30.7 Å². The first-order valence-corrected chi connectivity index (χ1v) is 4.18. The van der Waals surface area contributed by atoms with Crippen LogP contribution in [0.25, 0.3) is 0 Å². The molecular formula is C7H13Cl2N5O. The number of aromatic nitrogens is 3. The standard InChI is InChI=1S/C7H11N5O.2ClH/c1-8-4-5-10-11-6-7(13)9-2-3-12(5)6;;/h8H,2-4H2,1H3,(H,9,13);2*1H. The van der Waals surface area contributed by atoms with Gasteiger partial charge in [0.05, 0.1) is 6.54 Å². The van der Waals surface area contributed by atoms with E-state index < -0.39 is 0 Å². The lowest BCUT2D eigenvalue weighted by Gasteiger charge is -2.15. The zero-order chi connectivity index (χ0) is 9.26. The van der Waals surface area contributed by atoms with Crippen molar-refractivity contribution in [2.24, 2.45) is 0 Å². The van der Waals surface area contributed by atoms with Crippen molar-refractivity contribution in [3.63, 3.8) is 0 Å². The van der Waals surface area contributed by atoms with Crippen LogP contribution in [0.5, 0.6) is 0 Å². The maximum Gasteiger partial charge on any atom is 0.289 e. The number of nitrogens with zero attached hydrogens (tertiary/aromatic N) is 3. The minimum Gasteiger partial charge on any atom is -0.348 e. The van der Waals surface area contributed by atoms with Gasteiger partial charge in [0, 0.05) is 13.1 Å². The molecule has 0 saturated carbocycles. The zero-order valence-electron chi connectivity index (χ0n) is 8.19. The number of rotatable bonds is 2. The monoisotopic (exact) mass is 253 g/mol. The van der Waals surface area contributed by atoms with E-state index >= 15 is 0 Å². The van der Waals surface area contributed by atoms with E-state index in [0.29, 0.717) is 18.9 Å². The number of amides is 1. The third-order valence-corrected chi connectivity index (χ3v) is 1.99. The normalized spacial score (nSPS) is 13.3. The Bertz CT molecular complexity index is 340. The van der Waals surface area contributed by atoms with E-state index in [1.165, 1.54) is 0 Å². The van der Waals surface area contributed by atoms with Gasteiger partial charge >= 0.3 is 0 Å². The molecule has 0 atom stereocenters. The Balaban J connectivity index is 0.000000980. The lowest BCUT2D eigenvalue weighted by molar-refractivity contribution is 0.0921. The molecule has 2 N–H and O–H groups in total. The third kappa shape index (κ3) is 2.58. The first kappa shape index (κ1) is 14.2. The molecule has 86 valence electrons. The molecule has 6 nitrogen and oxygen atoms in total. The van der Waals surface area contributed by atoms with E-state index in [2.05, 4.69) is 20.8 Å². The molecule has 1 aliphatic rings. The fourth-order valence-corrected chi connectivity index (χ4v) is 1.39. The van der Waals surface area contributed by atoms with Gasteiger partial charge in [0.25, 0.3) is 5.91 Å². The topological polar surface area (TPSA) is 71.8 Å². The molecule has 0 aliphatic carbocycles. The van der Waals surface area contributed by atoms with Gasteiger partial charge in [-0.1, -0.05) is 0 Å². The highest BCUT2D eigenvalue weighted by Gasteiger charge is 2.21. The largest absolute Gasteiger partial charge is 0.348 e. The van der Waals surface area contributed by atoms with E-state index in [4.69, 9.17) is 0 Å². The summed E-state index contributed by atoms with van der Waals surface area (Å²) < 4.78 is 1.84. The van der Waals surface area contributed by atoms with Crippen LogP contribution in [0.3, 0.4) is 0 Å². The third-order valence-electron chi connectivity index (χ3n) is 1.99. The second kappa shape index (κ2) is 5.89. The Hall–Kier alpha value is -0.850. The van der Waals surface area contributed by atoms with Crippen molar-refractivity contribution in [1.82, 2.24) is 25.4 Å². The Kier molecular flexibility index (Phi) is 5.56. The summed E-state index contributed by atoms with van der Waals surface area (Å²) in [6, 6.07) is 0. The summed E-state index contributed by atoms with van der Waals surface area (Å²) in [7, 11) is 1.84. The van der Waals surface area contributed by atoms with E-state index in [9.17, 15) is 4.79 Å². The second-order valence-electron chi connectivity index (χ2n) is 2.88. The summed E-state index contributed by atoms with van der Waals surface area (Å²) in [5.74, 6) is 1.09. The van der Waals surface area contributed by atoms with Crippen LogP contribution < -0.4 is 10.6 Å². The quantitative estimate of drug-likeness (QED) is 0.752. The zero-order valence-corrected chi connectivity index (χ0v) is 9.82. The highest BCUT2D eigenvalue weighted by molar-refractivity contribution is 5.91. The second-order valence-corrected chi connectivity index (χ2v) is 2.88. The van der Waals surface area contributed by atoms with Gasteiger partial charge < -0.3 is 15.2 Å². The van der Waals surface area contributed by atoms with Gasteiger partial charge in [0.2, 0.25) is 5.82 Å². The van der Waals surface area contributed by atoms with Crippen molar-refractivity contribution < 1.29 is 4.79 Å². The Morgan fingerprint density at radius 1 is 1.47 bits per heavy atom. The first-order valence-electron chi connectivity index (χ1n) is 4.18. The molecule has 2 heterocycles. The van der Waals surface area contributed by atoms with Crippen molar-refractivity contribution in [1.29, 1.82) is 0 Å². The van der Waals surface area contributed by atoms with Gasteiger partial charge in [-0.15, -0.1) is 35.0 Å². The Morgan fingerprint density at radius 3 is 2.87 bits per heavy atom. The molecule has 0 radical (unpaired) electrons. The van der Waals surface area contributed by atoms with Crippen LogP contribution in [0.2, 0.25) is 0 Å². The lowest BCUT2D eigenvalue weighted by atomic mass is 10.4. The average molecular weight is 254 g/mol. The SMILES string of the molecule is CNCc1nnc2n1CCNC2=O.Cl.Cl. The number of carbonyl (C=O) groups excluding carboxylic acids is 1. The minimum atomic E-state index is -0.138. The highest BCUT2D eigenvalue weighted by atomic mass is 35.5. The van der Waals surface area contributed by atoms with Gasteiger partial charge in [-0.2, -0.15) is 0 Å². The van der Waals surface area contributed by atoms with Crippen molar-refractivity contribution in [3.05, 3.63) is 11.6 Å². The molecular weight excluding hydrogens is 241 g/mol. The number of hydrogen-bond donors (Lipinski definition) is 2. The fourth-order valence-electron chi connectivity index (χ4n) is 1.39. The molecule has 2 rings (SSSR count). The molecule has 0 bridgehead atoms. The molecule has 0 fully saturated rings. The lowest BCUT2D eigenvalue weighted by Crippen LogP contribution is -2.36. The summed E-state index contributed by atoms with van der Waals surface area (Å²) >= 11 is 0. The number of carbonyl (C=O) groups is 1. The van der Waals surface area contributed by atoms with Gasteiger partial charge in [0.15, 0.2) is 0 Å². The maximum absolute atomic E-state index is 11.2. The van der Waals surface area contributed by atoms with E-state index in [1.54, 1.807) is 0 Å². The molecule has 1 aliphatic heterocycles. The smallest absolute Gasteiger partial charge is 0.289 e. The van der Waals surface area contributed by atoms with Crippen LogP contribution in [-0.4, -0.2) is 34.3 Å². The van der Waals surface area contributed by atoms with Crippen LogP contribution in [-0.2, 0) is 13.1 Å². The van der Waals surface area contributed by atoms with Crippen molar-refractivity contribution in [3.8, 4) is 0 Å². The summed E-state index contributed by atoms with van der Waals surface area (Å²) in [4.78, 5) is 11.2. The Labute approximate surface area is 99.6 Å². The van der Waals surface area contributed by atoms with Crippen LogP contribution in [0.15, 0.2) is 0 Å². The highest BCUT2D eigenvalue weighted by Crippen LogP contribution is 2.05. The predicted molar refractivity (Wildman–Crippen MR) is 59.6 cm³/mol. The summed E-state index contributed by atoms with van der Waals surface area (Å²) in [5, 5.41) is 13.4. The Morgan fingerprint density at radius 2 is 2.20 bits per heavy atom. The van der Waals surface area contributed by atoms with Crippen molar-refractivity contribution in [2.45, 2.75) is 13.1 Å². The van der Waals surface area contributed by atoms with Gasteiger partial charge in [0.1, 0.15) is 5.82 Å². The van der Waals surface area contributed by atoms with Crippen LogP contribution >= 0.6 is 24.8 Å². The number of nitrogens with one attached hydrogen (secondary N) is 2. The van der Waals surface area contributed by atoms with Gasteiger partial charge in [-0.3, -0.25) is 4.79 Å². The number of halogens is 2. The molecule has 0 aromatic carbocycles. The van der Waals surface area contributed by atoms with E-state index in [-0.39, 0.29) is 30.7 Å². The van der Waals surface area contributed by atoms with E-state index in [0.717, 1.165) is 12.4 Å². The molecule has 1 amide bonds. The van der Waals surface area contributed by atoms with Crippen LogP contribution in [0.1, 0.15) is 16.4 Å². The summed E-state index contributed by atoms with van der Waals surface area (Å²) in [6.45, 7) is 2.05. The van der Waals surface area contributed by atoms with E-state index in [1.807, 2.05) is 11.6 Å². The van der Waals surface area contributed by atoms with Crippen LogP contribution in [0.4, 0.5) is 0 Å². The molecule has 8 heteroatoms. The maximum atomic E-state index is 11.2. The predicted octanol–water partition coefficient (Wildman–Crippen LogP) is -0.416. The number of fused-ring (bicyclic) bond motifs is 1. The van der Waals surface area contributed by atoms with Gasteiger partial charge in [-0.05, 0) is 7.05 Å². The summed E-state index contributed by atoms with van der Waals surface area (Å²) in [5.41, 5.74) is 0. The molecule has 1 aromatic rings. The molecule has 0 spiro atoms. The molecule has 0 saturated heterocycles. The molecule has 15 heavy (non-hydrogen) atoms. The summed E-state index contributed by atoms with van der Waals surface area (Å²) in [6.07, 6.45) is 0. The fraction of sp³-hybridized carbons (Fsp3) is 0.571. The minimum absolute atomic E-state index is 0. The molecule has 0 unspecified atom stereocenters. The average Bonchev–Trinajstić information content (AvgIpc) is 2.51. The van der Waals surface area contributed by atoms with Crippen molar-refractivity contribution in [2.75, 3.05) is 13.6 Å². The number of hydrogen-bond acceptors (Lipinski definition) is 4.